The van der Waals surface area contributed by atoms with Crippen molar-refractivity contribution in [1.29, 1.82) is 0 Å². The Balaban J connectivity index is 1.77. The molecule has 0 spiro atoms. The summed E-state index contributed by atoms with van der Waals surface area (Å²) in [5.41, 5.74) is 0. The van der Waals surface area contributed by atoms with Crippen LogP contribution in [-0.4, -0.2) is 49.7 Å². The summed E-state index contributed by atoms with van der Waals surface area (Å²) in [7, 11) is 1.49. The summed E-state index contributed by atoms with van der Waals surface area (Å²) in [6, 6.07) is 0.431. The van der Waals surface area contributed by atoms with Crippen molar-refractivity contribution in [2.75, 3.05) is 26.7 Å². The maximum atomic E-state index is 11.7. The third-order valence-electron chi connectivity index (χ3n) is 4.09. The maximum absolute atomic E-state index is 11.7. The van der Waals surface area contributed by atoms with Crippen molar-refractivity contribution in [2.24, 2.45) is 5.92 Å². The molecular formula is C14H26N2O2. The first-order chi connectivity index (χ1) is 8.74. The second-order valence-corrected chi connectivity index (χ2v) is 5.62. The number of likely N-dealkylation sites (tertiary alicyclic amines) is 1. The Hall–Kier alpha value is -0.610. The molecule has 0 radical (unpaired) electrons. The first kappa shape index (κ1) is 13.8. The van der Waals surface area contributed by atoms with Crippen LogP contribution in [0.25, 0.3) is 0 Å². The summed E-state index contributed by atoms with van der Waals surface area (Å²) in [4.78, 5) is 14.3. The van der Waals surface area contributed by atoms with E-state index < -0.39 is 0 Å². The molecule has 2 rings (SSSR count). The highest BCUT2D eigenvalue weighted by Crippen LogP contribution is 2.33. The number of hydrogen-bond donors (Lipinski definition) is 1. The highest BCUT2D eigenvalue weighted by atomic mass is 16.5. The topological polar surface area (TPSA) is 41.6 Å². The maximum Gasteiger partial charge on any atom is 0.323 e. The number of hydrogen-bond acceptors (Lipinski definition) is 4. The van der Waals surface area contributed by atoms with E-state index in [4.69, 9.17) is 4.74 Å². The highest BCUT2D eigenvalue weighted by Gasteiger charge is 2.38. The molecule has 1 heterocycles. The number of carbonyl (C=O) groups excluding carboxylic acids is 1. The second-order valence-electron chi connectivity index (χ2n) is 5.62. The van der Waals surface area contributed by atoms with Gasteiger partial charge in [0.2, 0.25) is 0 Å². The molecule has 1 atom stereocenters. The van der Waals surface area contributed by atoms with Gasteiger partial charge < -0.3 is 15.0 Å². The minimum Gasteiger partial charge on any atom is -0.468 e. The van der Waals surface area contributed by atoms with Crippen LogP contribution < -0.4 is 5.32 Å². The minimum atomic E-state index is -0.0755. The van der Waals surface area contributed by atoms with E-state index in [1.165, 1.54) is 32.9 Å². The van der Waals surface area contributed by atoms with Crippen molar-refractivity contribution < 1.29 is 9.53 Å². The zero-order valence-electron chi connectivity index (χ0n) is 11.7. The minimum absolute atomic E-state index is 0.0577. The van der Waals surface area contributed by atoms with Crippen LogP contribution in [0.5, 0.6) is 0 Å². The predicted octanol–water partition coefficient (Wildman–Crippen LogP) is 1.40. The molecule has 2 fully saturated rings. The number of esters is 1. The molecule has 1 saturated heterocycles. The summed E-state index contributed by atoms with van der Waals surface area (Å²) in [6.45, 7) is 5.74. The van der Waals surface area contributed by atoms with Gasteiger partial charge in [-0.1, -0.05) is 6.92 Å². The Morgan fingerprint density at radius 1 is 1.33 bits per heavy atom. The zero-order valence-corrected chi connectivity index (χ0v) is 11.7. The normalized spacial score (nSPS) is 23.9. The van der Waals surface area contributed by atoms with Crippen LogP contribution in [0.3, 0.4) is 0 Å². The second kappa shape index (κ2) is 6.53. The number of rotatable bonds is 6. The summed E-state index contributed by atoms with van der Waals surface area (Å²) in [6.07, 6.45) is 5.87. The SMILES string of the molecule is CCCN1CCC(NC(C(=O)OC)C2CC2)CC1. The lowest BCUT2D eigenvalue weighted by Gasteiger charge is -2.33. The average molecular weight is 254 g/mol. The van der Waals surface area contributed by atoms with Gasteiger partial charge in [-0.15, -0.1) is 0 Å². The van der Waals surface area contributed by atoms with Gasteiger partial charge in [-0.2, -0.15) is 0 Å². The smallest absolute Gasteiger partial charge is 0.323 e. The molecule has 0 bridgehead atoms. The van der Waals surface area contributed by atoms with E-state index in [1.54, 1.807) is 0 Å². The number of methoxy groups -OCH3 is 1. The van der Waals surface area contributed by atoms with Crippen molar-refractivity contribution in [1.82, 2.24) is 10.2 Å². The molecule has 0 aromatic carbocycles. The zero-order chi connectivity index (χ0) is 13.0. The fourth-order valence-corrected chi connectivity index (χ4v) is 2.85. The third kappa shape index (κ3) is 3.69. The fourth-order valence-electron chi connectivity index (χ4n) is 2.85. The molecule has 2 aliphatic rings. The molecule has 0 amide bonds. The molecule has 4 heteroatoms. The third-order valence-corrected chi connectivity index (χ3v) is 4.09. The molecule has 18 heavy (non-hydrogen) atoms. The van der Waals surface area contributed by atoms with Gasteiger partial charge in [-0.3, -0.25) is 4.79 Å². The number of ether oxygens (including phenoxy) is 1. The van der Waals surface area contributed by atoms with E-state index in [0.29, 0.717) is 12.0 Å². The van der Waals surface area contributed by atoms with Crippen molar-refractivity contribution in [3.8, 4) is 0 Å². The summed E-state index contributed by atoms with van der Waals surface area (Å²) in [5.74, 6) is 0.444. The Bertz CT molecular complexity index is 271. The Labute approximate surface area is 110 Å². The van der Waals surface area contributed by atoms with Crippen LogP contribution in [0, 0.1) is 5.92 Å². The van der Waals surface area contributed by atoms with Crippen molar-refractivity contribution in [3.63, 3.8) is 0 Å². The first-order valence-corrected chi connectivity index (χ1v) is 7.30. The molecular weight excluding hydrogens is 228 g/mol. The standard InChI is InChI=1S/C14H26N2O2/c1-3-8-16-9-6-12(7-10-16)15-13(11-4-5-11)14(17)18-2/h11-13,15H,3-10H2,1-2H3. The van der Waals surface area contributed by atoms with E-state index in [9.17, 15) is 4.79 Å². The van der Waals surface area contributed by atoms with Gasteiger partial charge in [0, 0.05) is 6.04 Å². The van der Waals surface area contributed by atoms with E-state index in [-0.39, 0.29) is 12.0 Å². The number of piperidine rings is 1. The van der Waals surface area contributed by atoms with E-state index in [1.807, 2.05) is 0 Å². The number of nitrogens with zero attached hydrogens (tertiary/aromatic N) is 1. The van der Waals surface area contributed by atoms with Crippen molar-refractivity contribution >= 4 is 5.97 Å². The molecule has 1 N–H and O–H groups in total. The largest absolute Gasteiger partial charge is 0.468 e. The van der Waals surface area contributed by atoms with Crippen LogP contribution in [0.15, 0.2) is 0 Å². The Kier molecular flexibility index (Phi) is 5.01. The molecule has 1 unspecified atom stereocenters. The molecule has 4 nitrogen and oxygen atoms in total. The Morgan fingerprint density at radius 3 is 2.50 bits per heavy atom. The van der Waals surface area contributed by atoms with Gasteiger partial charge in [-0.25, -0.2) is 0 Å². The first-order valence-electron chi connectivity index (χ1n) is 7.30. The van der Waals surface area contributed by atoms with E-state index in [0.717, 1.165) is 25.9 Å². The van der Waals surface area contributed by atoms with Crippen LogP contribution in [0.4, 0.5) is 0 Å². The number of carbonyl (C=O) groups is 1. The molecule has 0 aromatic rings. The predicted molar refractivity (Wildman–Crippen MR) is 71.4 cm³/mol. The van der Waals surface area contributed by atoms with Gasteiger partial charge in [0.15, 0.2) is 0 Å². The summed E-state index contributed by atoms with van der Waals surface area (Å²) in [5, 5.41) is 3.53. The monoisotopic (exact) mass is 254 g/mol. The van der Waals surface area contributed by atoms with Gasteiger partial charge in [0.1, 0.15) is 6.04 Å². The van der Waals surface area contributed by atoms with Crippen molar-refractivity contribution in [2.45, 2.75) is 51.1 Å². The molecule has 1 saturated carbocycles. The van der Waals surface area contributed by atoms with Crippen LogP contribution in [0.1, 0.15) is 39.0 Å². The van der Waals surface area contributed by atoms with Gasteiger partial charge >= 0.3 is 5.97 Å². The lowest BCUT2D eigenvalue weighted by atomic mass is 10.0. The molecule has 1 aliphatic heterocycles. The lowest BCUT2D eigenvalue weighted by molar-refractivity contribution is -0.144. The van der Waals surface area contributed by atoms with Gasteiger partial charge in [0.25, 0.3) is 0 Å². The fraction of sp³-hybridized carbons (Fsp3) is 0.929. The molecule has 104 valence electrons. The summed E-state index contributed by atoms with van der Waals surface area (Å²) < 4.78 is 4.90. The quantitative estimate of drug-likeness (QED) is 0.728. The Morgan fingerprint density at radius 2 is 2.00 bits per heavy atom. The molecule has 0 aromatic heterocycles. The van der Waals surface area contributed by atoms with Crippen LogP contribution in [-0.2, 0) is 9.53 Å². The lowest BCUT2D eigenvalue weighted by Crippen LogP contribution is -2.50. The van der Waals surface area contributed by atoms with E-state index >= 15 is 0 Å². The van der Waals surface area contributed by atoms with Crippen LogP contribution >= 0.6 is 0 Å². The van der Waals surface area contributed by atoms with Crippen LogP contribution in [0.2, 0.25) is 0 Å². The van der Waals surface area contributed by atoms with E-state index in [2.05, 4.69) is 17.1 Å². The summed E-state index contributed by atoms with van der Waals surface area (Å²) >= 11 is 0. The highest BCUT2D eigenvalue weighted by molar-refractivity contribution is 5.76. The number of nitrogens with one attached hydrogen (secondary N) is 1. The van der Waals surface area contributed by atoms with Crippen molar-refractivity contribution in [3.05, 3.63) is 0 Å². The van der Waals surface area contributed by atoms with Gasteiger partial charge in [-0.05, 0) is 57.7 Å². The average Bonchev–Trinajstić information content (AvgIpc) is 3.21. The molecule has 1 aliphatic carbocycles. The van der Waals surface area contributed by atoms with Gasteiger partial charge in [0.05, 0.1) is 7.11 Å².